The molecule has 0 atom stereocenters. The maximum absolute atomic E-state index is 12.9. The predicted octanol–water partition coefficient (Wildman–Crippen LogP) is 4.38. The summed E-state index contributed by atoms with van der Waals surface area (Å²) in [7, 11) is 0. The van der Waals surface area contributed by atoms with E-state index in [1.54, 1.807) is 6.92 Å². The third-order valence-corrected chi connectivity index (χ3v) is 5.56. The van der Waals surface area contributed by atoms with E-state index in [1.165, 1.54) is 11.3 Å². The SMILES string of the molecule is CCOC(=O)Nc1nc2c(s1)CN(CC(=O)Nc1cc(C(F)(F)F)ccc1Cl)CC2. The molecule has 0 saturated heterocycles. The number of fused-ring (bicyclic) bond motifs is 1. The number of hydrogen-bond donors (Lipinski definition) is 2. The molecule has 1 aromatic heterocycles. The first-order chi connectivity index (χ1) is 14.2. The second kappa shape index (κ2) is 9.19. The molecule has 2 amide bonds. The van der Waals surface area contributed by atoms with Gasteiger partial charge in [0.2, 0.25) is 5.91 Å². The van der Waals surface area contributed by atoms with Gasteiger partial charge in [0.05, 0.1) is 35.1 Å². The fourth-order valence-electron chi connectivity index (χ4n) is 2.88. The van der Waals surface area contributed by atoms with Crippen LogP contribution in [0.25, 0.3) is 0 Å². The predicted molar refractivity (Wildman–Crippen MR) is 107 cm³/mol. The number of anilines is 2. The molecule has 7 nitrogen and oxygen atoms in total. The van der Waals surface area contributed by atoms with E-state index in [2.05, 4.69) is 15.6 Å². The summed E-state index contributed by atoms with van der Waals surface area (Å²) in [6, 6.07) is 2.77. The highest BCUT2D eigenvalue weighted by Crippen LogP contribution is 2.34. The number of nitrogens with zero attached hydrogens (tertiary/aromatic N) is 2. The Morgan fingerprint density at radius 2 is 2.10 bits per heavy atom. The van der Waals surface area contributed by atoms with Crippen LogP contribution in [0, 0.1) is 0 Å². The quantitative estimate of drug-likeness (QED) is 0.689. The Labute approximate surface area is 179 Å². The molecule has 0 bridgehead atoms. The first-order valence-electron chi connectivity index (χ1n) is 8.97. The zero-order valence-corrected chi connectivity index (χ0v) is 17.4. The maximum Gasteiger partial charge on any atom is 0.416 e. The Balaban J connectivity index is 1.60. The van der Waals surface area contributed by atoms with E-state index in [4.69, 9.17) is 16.3 Å². The van der Waals surface area contributed by atoms with E-state index in [9.17, 15) is 22.8 Å². The molecule has 2 N–H and O–H groups in total. The number of ether oxygens (including phenoxy) is 1. The van der Waals surface area contributed by atoms with E-state index in [0.29, 0.717) is 24.6 Å². The molecule has 2 aromatic rings. The molecule has 1 aliphatic heterocycles. The second-order valence-corrected chi connectivity index (χ2v) is 7.93. The van der Waals surface area contributed by atoms with Gasteiger partial charge in [-0.1, -0.05) is 22.9 Å². The van der Waals surface area contributed by atoms with Crippen LogP contribution in [0.5, 0.6) is 0 Å². The lowest BCUT2D eigenvalue weighted by molar-refractivity contribution is -0.137. The van der Waals surface area contributed by atoms with Crippen LogP contribution in [0.1, 0.15) is 23.1 Å². The monoisotopic (exact) mass is 462 g/mol. The highest BCUT2D eigenvalue weighted by atomic mass is 35.5. The minimum atomic E-state index is -4.53. The average Bonchev–Trinajstić information content (AvgIpc) is 3.04. The van der Waals surface area contributed by atoms with Crippen molar-refractivity contribution in [3.05, 3.63) is 39.4 Å². The molecule has 2 heterocycles. The van der Waals surface area contributed by atoms with Crippen molar-refractivity contribution < 1.29 is 27.5 Å². The summed E-state index contributed by atoms with van der Waals surface area (Å²) in [4.78, 5) is 31.0. The molecule has 1 aliphatic rings. The number of hydrogen-bond acceptors (Lipinski definition) is 6. The van der Waals surface area contributed by atoms with Gasteiger partial charge < -0.3 is 10.1 Å². The van der Waals surface area contributed by atoms with Crippen LogP contribution in [-0.2, 0) is 28.7 Å². The van der Waals surface area contributed by atoms with E-state index in [1.807, 2.05) is 4.90 Å². The second-order valence-electron chi connectivity index (χ2n) is 6.44. The van der Waals surface area contributed by atoms with E-state index in [0.717, 1.165) is 28.8 Å². The van der Waals surface area contributed by atoms with Crippen LogP contribution in [0.2, 0.25) is 5.02 Å². The fourth-order valence-corrected chi connectivity index (χ4v) is 4.08. The van der Waals surface area contributed by atoms with Crippen molar-refractivity contribution in [1.29, 1.82) is 0 Å². The first kappa shape index (κ1) is 22.3. The molecule has 0 radical (unpaired) electrons. The summed E-state index contributed by atoms with van der Waals surface area (Å²) >= 11 is 7.21. The van der Waals surface area contributed by atoms with Crippen LogP contribution in [-0.4, -0.2) is 41.6 Å². The highest BCUT2D eigenvalue weighted by Gasteiger charge is 2.31. The summed E-state index contributed by atoms with van der Waals surface area (Å²) in [5.41, 5.74) is -0.145. The number of rotatable bonds is 5. The summed E-state index contributed by atoms with van der Waals surface area (Å²) in [5, 5.41) is 5.43. The van der Waals surface area contributed by atoms with Gasteiger partial charge in [-0.05, 0) is 25.1 Å². The van der Waals surface area contributed by atoms with Crippen LogP contribution in [0.4, 0.5) is 28.8 Å². The Hall–Kier alpha value is -2.37. The van der Waals surface area contributed by atoms with Gasteiger partial charge in [0, 0.05) is 24.4 Å². The van der Waals surface area contributed by atoms with Gasteiger partial charge >= 0.3 is 12.3 Å². The number of alkyl halides is 3. The molecular formula is C18H18ClF3N4O3S. The van der Waals surface area contributed by atoms with Crippen molar-refractivity contribution >= 4 is 45.8 Å². The van der Waals surface area contributed by atoms with Crippen molar-refractivity contribution in [3.8, 4) is 0 Å². The minimum Gasteiger partial charge on any atom is -0.450 e. The molecule has 0 aliphatic carbocycles. The number of thiazole rings is 1. The van der Waals surface area contributed by atoms with Crippen molar-refractivity contribution in [3.63, 3.8) is 0 Å². The Kier molecular flexibility index (Phi) is 6.84. The van der Waals surface area contributed by atoms with Crippen LogP contribution in [0.3, 0.4) is 0 Å². The van der Waals surface area contributed by atoms with Crippen molar-refractivity contribution in [2.75, 3.05) is 30.3 Å². The third-order valence-electron chi connectivity index (χ3n) is 4.23. The van der Waals surface area contributed by atoms with Gasteiger partial charge in [-0.15, -0.1) is 0 Å². The lowest BCUT2D eigenvalue weighted by atomic mass is 10.1. The Morgan fingerprint density at radius 3 is 2.80 bits per heavy atom. The van der Waals surface area contributed by atoms with Gasteiger partial charge in [0.1, 0.15) is 0 Å². The summed E-state index contributed by atoms with van der Waals surface area (Å²) in [6.45, 7) is 2.89. The van der Waals surface area contributed by atoms with Crippen molar-refractivity contribution in [1.82, 2.24) is 9.88 Å². The van der Waals surface area contributed by atoms with Crippen LogP contribution in [0.15, 0.2) is 18.2 Å². The summed E-state index contributed by atoms with van der Waals surface area (Å²) < 4.78 is 43.4. The van der Waals surface area contributed by atoms with E-state index >= 15 is 0 Å². The van der Waals surface area contributed by atoms with Crippen molar-refractivity contribution in [2.24, 2.45) is 0 Å². The number of benzene rings is 1. The topological polar surface area (TPSA) is 83.6 Å². The van der Waals surface area contributed by atoms with Crippen LogP contribution >= 0.6 is 22.9 Å². The number of carbonyl (C=O) groups is 2. The van der Waals surface area contributed by atoms with Gasteiger partial charge in [-0.2, -0.15) is 13.2 Å². The van der Waals surface area contributed by atoms with E-state index < -0.39 is 23.7 Å². The molecule has 3 rings (SSSR count). The zero-order valence-electron chi connectivity index (χ0n) is 15.8. The van der Waals surface area contributed by atoms with Gasteiger partial charge in [-0.3, -0.25) is 15.0 Å². The van der Waals surface area contributed by atoms with Gasteiger partial charge in [0.15, 0.2) is 5.13 Å². The average molecular weight is 463 g/mol. The molecular weight excluding hydrogens is 445 g/mol. The van der Waals surface area contributed by atoms with Gasteiger partial charge in [0.25, 0.3) is 0 Å². The molecule has 162 valence electrons. The molecule has 1 aromatic carbocycles. The van der Waals surface area contributed by atoms with Crippen LogP contribution < -0.4 is 10.6 Å². The maximum atomic E-state index is 12.9. The fraction of sp³-hybridized carbons (Fsp3) is 0.389. The third kappa shape index (κ3) is 5.61. The largest absolute Gasteiger partial charge is 0.450 e. The highest BCUT2D eigenvalue weighted by molar-refractivity contribution is 7.15. The number of aromatic nitrogens is 1. The van der Waals surface area contributed by atoms with E-state index in [-0.39, 0.29) is 23.9 Å². The molecule has 0 fully saturated rings. The molecule has 12 heteroatoms. The summed E-state index contributed by atoms with van der Waals surface area (Å²) in [5.74, 6) is -0.478. The minimum absolute atomic E-state index is 0.0226. The molecule has 0 spiro atoms. The normalized spacial score (nSPS) is 14.2. The number of nitrogens with one attached hydrogen (secondary N) is 2. The Morgan fingerprint density at radius 1 is 1.33 bits per heavy atom. The smallest absolute Gasteiger partial charge is 0.416 e. The van der Waals surface area contributed by atoms with Gasteiger partial charge in [-0.25, -0.2) is 9.78 Å². The number of carbonyl (C=O) groups excluding carboxylic acids is 2. The lowest BCUT2D eigenvalue weighted by Crippen LogP contribution is -2.36. The molecule has 0 unspecified atom stereocenters. The zero-order chi connectivity index (χ0) is 21.9. The standard InChI is InChI=1S/C18H18ClF3N4O3S/c1-2-29-17(28)25-16-24-12-5-6-26(8-14(12)30-16)9-15(27)23-13-7-10(18(20,21)22)3-4-11(13)19/h3-4,7H,2,5-6,8-9H2,1H3,(H,23,27)(H,24,25,28). The number of amides is 2. The Bertz CT molecular complexity index is 951. The molecule has 0 saturated carbocycles. The summed E-state index contributed by atoms with van der Waals surface area (Å²) in [6.07, 6.45) is -4.54. The van der Waals surface area contributed by atoms with Crippen molar-refractivity contribution in [2.45, 2.75) is 26.1 Å². The first-order valence-corrected chi connectivity index (χ1v) is 10.2. The lowest BCUT2D eigenvalue weighted by Gasteiger charge is -2.25. The molecule has 30 heavy (non-hydrogen) atoms. The number of halogens is 4.